The van der Waals surface area contributed by atoms with E-state index in [0.29, 0.717) is 37.0 Å². The van der Waals surface area contributed by atoms with Gasteiger partial charge in [0.1, 0.15) is 34.5 Å². The summed E-state index contributed by atoms with van der Waals surface area (Å²) >= 11 is 0. The van der Waals surface area contributed by atoms with Gasteiger partial charge in [-0.3, -0.25) is 4.79 Å². The topological polar surface area (TPSA) is 115 Å². The molecule has 0 bridgehead atoms. The maximum Gasteiger partial charge on any atom is 0.213 e. The lowest BCUT2D eigenvalue weighted by Crippen LogP contribution is -2.57. The number of carbonyl (C=O) groups is 1. The summed E-state index contributed by atoms with van der Waals surface area (Å²) in [6.07, 6.45) is -0.967. The number of ether oxygens (including phenoxy) is 4. The first-order valence-corrected chi connectivity index (χ1v) is 10.8. The lowest BCUT2D eigenvalue weighted by molar-refractivity contribution is -0.298. The molecule has 3 N–H and O–H groups in total. The zero-order valence-electron chi connectivity index (χ0n) is 18.7. The second kappa shape index (κ2) is 7.62. The Kier molecular flexibility index (Phi) is 5.49. The number of fused-ring (bicyclic) bond motifs is 3. The Morgan fingerprint density at radius 2 is 2.00 bits per heavy atom. The van der Waals surface area contributed by atoms with Crippen LogP contribution in [0.5, 0.6) is 17.2 Å². The second-order valence-corrected chi connectivity index (χ2v) is 10.1. The van der Waals surface area contributed by atoms with Crippen LogP contribution in [0.15, 0.2) is 6.07 Å². The first-order valence-electron chi connectivity index (χ1n) is 10.8. The van der Waals surface area contributed by atoms with Crippen LogP contribution in [-0.4, -0.2) is 58.1 Å². The Labute approximate surface area is 182 Å². The third-order valence-corrected chi connectivity index (χ3v) is 6.58. The summed E-state index contributed by atoms with van der Waals surface area (Å²) in [7, 11) is 1.45. The van der Waals surface area contributed by atoms with Gasteiger partial charge < -0.3 is 34.3 Å². The van der Waals surface area contributed by atoms with Crippen LogP contribution in [0.1, 0.15) is 62.9 Å². The fourth-order valence-electron chi connectivity index (χ4n) is 4.88. The molecule has 8 nitrogen and oxygen atoms in total. The van der Waals surface area contributed by atoms with Crippen molar-refractivity contribution >= 4 is 5.78 Å². The molecule has 1 aromatic carbocycles. The molecule has 5 atom stereocenters. The molecule has 0 aliphatic carbocycles. The van der Waals surface area contributed by atoms with Crippen molar-refractivity contribution in [2.45, 2.75) is 83.3 Å². The van der Waals surface area contributed by atoms with Crippen LogP contribution < -0.4 is 9.47 Å². The fourth-order valence-corrected chi connectivity index (χ4v) is 4.88. The number of carbonyl (C=O) groups excluding carboxylic acids is 1. The van der Waals surface area contributed by atoms with E-state index in [-0.39, 0.29) is 28.4 Å². The standard InChI is InChI=1S/C23H32O8/c1-22(2,27)8-6-12-15-18(25)16-14(29-21(15)30-20(26)19(12)28-5)10-13-11(17(16)24)7-9-23(3,4)31-13/h10,12,15,19-21,24,26-27H,6-9H2,1-5H3. The summed E-state index contributed by atoms with van der Waals surface area (Å²) in [6, 6.07) is 1.63. The van der Waals surface area contributed by atoms with Gasteiger partial charge in [-0.2, -0.15) is 0 Å². The Bertz CT molecular complexity index is 871. The molecule has 1 aromatic rings. The fraction of sp³-hybridized carbons (Fsp3) is 0.696. The van der Waals surface area contributed by atoms with Crippen LogP contribution in [0.25, 0.3) is 0 Å². The molecular weight excluding hydrogens is 404 g/mol. The van der Waals surface area contributed by atoms with E-state index in [4.69, 9.17) is 18.9 Å². The van der Waals surface area contributed by atoms with Crippen molar-refractivity contribution in [2.24, 2.45) is 11.8 Å². The lowest BCUT2D eigenvalue weighted by Gasteiger charge is -2.46. The van der Waals surface area contributed by atoms with E-state index in [9.17, 15) is 20.1 Å². The lowest BCUT2D eigenvalue weighted by atomic mass is 9.74. The number of hydrogen-bond donors (Lipinski definition) is 3. The maximum absolute atomic E-state index is 13.6. The normalized spacial score (nSPS) is 31.7. The number of hydrogen-bond acceptors (Lipinski definition) is 8. The minimum Gasteiger partial charge on any atom is -0.507 e. The van der Waals surface area contributed by atoms with Crippen molar-refractivity contribution in [3.63, 3.8) is 0 Å². The van der Waals surface area contributed by atoms with Gasteiger partial charge in [0.05, 0.1) is 11.5 Å². The number of phenolic OH excluding ortho intramolecular Hbond substituents is 1. The smallest absolute Gasteiger partial charge is 0.213 e. The molecule has 1 saturated heterocycles. The molecule has 3 aliphatic rings. The molecule has 8 heteroatoms. The molecule has 0 saturated carbocycles. The largest absolute Gasteiger partial charge is 0.507 e. The Hall–Kier alpha value is -1.87. The van der Waals surface area contributed by atoms with Crippen LogP contribution in [0.3, 0.4) is 0 Å². The number of aliphatic hydroxyl groups is 2. The van der Waals surface area contributed by atoms with Crippen LogP contribution >= 0.6 is 0 Å². The van der Waals surface area contributed by atoms with Gasteiger partial charge in [-0.05, 0) is 53.4 Å². The average Bonchev–Trinajstić information content (AvgIpc) is 2.64. The van der Waals surface area contributed by atoms with Crippen LogP contribution in [0, 0.1) is 11.8 Å². The summed E-state index contributed by atoms with van der Waals surface area (Å²) in [4.78, 5) is 13.6. The summed E-state index contributed by atoms with van der Waals surface area (Å²) in [5.74, 6) is -1.00. The zero-order chi connectivity index (χ0) is 22.7. The summed E-state index contributed by atoms with van der Waals surface area (Å²) < 4.78 is 23.1. The highest BCUT2D eigenvalue weighted by Crippen LogP contribution is 2.50. The summed E-state index contributed by atoms with van der Waals surface area (Å²) in [5.41, 5.74) is -0.618. The highest BCUT2D eigenvalue weighted by molar-refractivity contribution is 6.05. The predicted octanol–water partition coefficient (Wildman–Crippen LogP) is 2.54. The Balaban J connectivity index is 1.74. The first-order chi connectivity index (χ1) is 14.4. The Morgan fingerprint density at radius 1 is 1.29 bits per heavy atom. The van der Waals surface area contributed by atoms with E-state index in [1.54, 1.807) is 19.9 Å². The van der Waals surface area contributed by atoms with Gasteiger partial charge in [-0.1, -0.05) is 0 Å². The molecule has 0 amide bonds. The van der Waals surface area contributed by atoms with Crippen molar-refractivity contribution < 1.29 is 39.1 Å². The first kappa shape index (κ1) is 22.3. The van der Waals surface area contributed by atoms with Gasteiger partial charge >= 0.3 is 0 Å². The monoisotopic (exact) mass is 436 g/mol. The molecular formula is C23H32O8. The van der Waals surface area contributed by atoms with E-state index in [2.05, 4.69) is 0 Å². The molecule has 3 aliphatic heterocycles. The number of benzene rings is 1. The predicted molar refractivity (Wildman–Crippen MR) is 110 cm³/mol. The van der Waals surface area contributed by atoms with Crippen molar-refractivity contribution in [3.05, 3.63) is 17.2 Å². The van der Waals surface area contributed by atoms with Crippen LogP contribution in [0.4, 0.5) is 0 Å². The molecule has 1 fully saturated rings. The van der Waals surface area contributed by atoms with E-state index in [1.165, 1.54) is 7.11 Å². The summed E-state index contributed by atoms with van der Waals surface area (Å²) in [5, 5.41) is 31.7. The van der Waals surface area contributed by atoms with Gasteiger partial charge in [0.25, 0.3) is 0 Å². The zero-order valence-corrected chi connectivity index (χ0v) is 18.7. The molecule has 4 rings (SSSR count). The van der Waals surface area contributed by atoms with Crippen LogP contribution in [-0.2, 0) is 15.9 Å². The number of Topliss-reactive ketones (excluding diaryl/α,β-unsaturated/α-hetero) is 1. The van der Waals surface area contributed by atoms with Gasteiger partial charge in [0.15, 0.2) is 12.1 Å². The molecule has 5 unspecified atom stereocenters. The van der Waals surface area contributed by atoms with Gasteiger partial charge in [-0.15, -0.1) is 0 Å². The number of phenols is 1. The average molecular weight is 437 g/mol. The van der Waals surface area contributed by atoms with E-state index in [1.807, 2.05) is 13.8 Å². The molecule has 0 spiro atoms. The number of rotatable bonds is 4. The molecule has 3 heterocycles. The van der Waals surface area contributed by atoms with Gasteiger partial charge in [-0.25, -0.2) is 0 Å². The molecule has 31 heavy (non-hydrogen) atoms. The molecule has 0 aromatic heterocycles. The van der Waals surface area contributed by atoms with Gasteiger partial charge in [0.2, 0.25) is 6.29 Å². The second-order valence-electron chi connectivity index (χ2n) is 10.1. The van der Waals surface area contributed by atoms with Gasteiger partial charge in [0, 0.05) is 24.7 Å². The minimum atomic E-state index is -1.28. The van der Waals surface area contributed by atoms with E-state index >= 15 is 0 Å². The maximum atomic E-state index is 13.6. The highest BCUT2D eigenvalue weighted by Gasteiger charge is 2.54. The molecule has 0 radical (unpaired) electrons. The van der Waals surface area contributed by atoms with Crippen molar-refractivity contribution in [1.82, 2.24) is 0 Å². The van der Waals surface area contributed by atoms with Crippen molar-refractivity contribution in [3.8, 4) is 17.2 Å². The highest BCUT2D eigenvalue weighted by atomic mass is 16.7. The van der Waals surface area contributed by atoms with E-state index < -0.39 is 36.1 Å². The third-order valence-electron chi connectivity index (χ3n) is 6.58. The van der Waals surface area contributed by atoms with Crippen molar-refractivity contribution in [1.29, 1.82) is 0 Å². The van der Waals surface area contributed by atoms with Crippen molar-refractivity contribution in [2.75, 3.05) is 7.11 Å². The number of methoxy groups -OCH3 is 1. The Morgan fingerprint density at radius 3 is 2.65 bits per heavy atom. The third kappa shape index (κ3) is 4.02. The molecule has 172 valence electrons. The SMILES string of the molecule is COC1C(O)OC2Oc3cc4c(c(O)c3C(=O)C2C1CCC(C)(C)O)CCC(C)(C)O4. The number of aromatic hydroxyl groups is 1. The quantitative estimate of drug-likeness (QED) is 0.660. The van der Waals surface area contributed by atoms with Crippen LogP contribution in [0.2, 0.25) is 0 Å². The van der Waals surface area contributed by atoms with E-state index in [0.717, 1.165) is 0 Å². The number of aliphatic hydroxyl groups excluding tert-OH is 1. The minimum absolute atomic E-state index is 0.117. The number of ketones is 1. The summed E-state index contributed by atoms with van der Waals surface area (Å²) in [6.45, 7) is 7.31.